The first-order valence-electron chi connectivity index (χ1n) is 4.24. The molecule has 2 heterocycles. The van der Waals surface area contributed by atoms with E-state index in [1.54, 1.807) is 0 Å². The number of aromatic nitrogens is 4. The molecule has 0 fully saturated rings. The topological polar surface area (TPSA) is 69.6 Å². The van der Waals surface area contributed by atoms with E-state index in [1.165, 1.54) is 6.33 Å². The van der Waals surface area contributed by atoms with Crippen molar-refractivity contribution in [2.45, 2.75) is 0 Å². The quantitative estimate of drug-likeness (QED) is 0.571. The van der Waals surface area contributed by atoms with Gasteiger partial charge in [0.1, 0.15) is 0 Å². The number of rotatable bonds is 2. The molecule has 13 heavy (non-hydrogen) atoms. The van der Waals surface area contributed by atoms with Crippen molar-refractivity contribution in [1.29, 1.82) is 0 Å². The molecule has 0 saturated carbocycles. The maximum absolute atomic E-state index is 5.69. The number of nitrogens with zero attached hydrogens (tertiary/aromatic N) is 4. The van der Waals surface area contributed by atoms with E-state index in [9.17, 15) is 0 Å². The Hall–Kier alpha value is -0.0214. The number of hydrogen-bond donors (Lipinski definition) is 1. The minimum atomic E-state index is -0.437. The van der Waals surface area contributed by atoms with Gasteiger partial charge in [0.05, 0.1) is 0 Å². The molecule has 0 bridgehead atoms. The molecule has 68 valence electrons. The molecule has 0 aliphatic carbocycles. The molecule has 0 aromatic carbocycles. The zero-order valence-corrected chi connectivity index (χ0v) is 17.6. The van der Waals surface area contributed by atoms with Crippen LogP contribution in [0.2, 0.25) is 0 Å². The summed E-state index contributed by atoms with van der Waals surface area (Å²) in [5.41, 5.74) is 7.45. The molecule has 8 heteroatoms. The number of hydrogen-bond acceptors (Lipinski definition) is 4. The molecule has 0 aliphatic heterocycles. The van der Waals surface area contributed by atoms with Gasteiger partial charge >= 0.3 is 93.6 Å². The monoisotopic (exact) mass is 363 g/mol. The molecule has 2 N–H and O–H groups in total. The maximum atomic E-state index is 5.69. The summed E-state index contributed by atoms with van der Waals surface area (Å²) >= 11 is 0.659. The molecule has 2 rings (SSSR count). The van der Waals surface area contributed by atoms with Crippen LogP contribution in [-0.2, 0) is 0 Å². The Morgan fingerprint density at radius 1 is 1.38 bits per heavy atom. The van der Waals surface area contributed by atoms with Gasteiger partial charge in [-0.1, -0.05) is 0 Å². The van der Waals surface area contributed by atoms with Crippen LogP contribution in [0.5, 0.6) is 0 Å². The summed E-state index contributed by atoms with van der Waals surface area (Å²) in [6, 6.07) is 0. The zero-order chi connectivity index (χ0) is 9.26. The standard InChI is InChI=1S/C5H11Ge3N5/c6-7-8-13-2-12-3-4(9)10-1-11-5(3)13/h1-2H,7-8H2,6H3,(H2,9,10,11). The van der Waals surface area contributed by atoms with Crippen molar-refractivity contribution < 1.29 is 0 Å². The van der Waals surface area contributed by atoms with E-state index >= 15 is 0 Å². The number of imidazole rings is 1. The Balaban J connectivity index is 2.61. The normalized spacial score (nSPS) is 12.9. The van der Waals surface area contributed by atoms with Crippen LogP contribution in [-0.4, -0.2) is 58.2 Å². The third-order valence-electron chi connectivity index (χ3n) is 1.89. The minimum absolute atomic E-state index is 0.0384. The average molecular weight is 359 g/mol. The van der Waals surface area contributed by atoms with Gasteiger partial charge in [0.2, 0.25) is 0 Å². The summed E-state index contributed by atoms with van der Waals surface area (Å²) in [4.78, 5) is 12.4. The first-order chi connectivity index (χ1) is 6.33. The van der Waals surface area contributed by atoms with E-state index in [1.807, 2.05) is 6.33 Å². The molecular weight excluding hydrogens is 348 g/mol. The number of nitrogens with two attached hydrogens (primary N) is 1. The zero-order valence-electron chi connectivity index (χ0n) is 7.44. The van der Waals surface area contributed by atoms with Crippen LogP contribution < -0.4 is 5.73 Å². The summed E-state index contributed by atoms with van der Waals surface area (Å²) < 4.78 is 2.30. The van der Waals surface area contributed by atoms with Crippen LogP contribution in [0.1, 0.15) is 0 Å². The second-order valence-electron chi connectivity index (χ2n) is 2.87. The Labute approximate surface area is 93.1 Å². The Kier molecular flexibility index (Phi) is 2.94. The average Bonchev–Trinajstić information content (AvgIpc) is 2.51. The van der Waals surface area contributed by atoms with Crippen molar-refractivity contribution in [1.82, 2.24) is 18.5 Å². The Bertz CT molecular complexity index is 427. The van der Waals surface area contributed by atoms with Crippen molar-refractivity contribution in [3.63, 3.8) is 0 Å². The fraction of sp³-hybridized carbons (Fsp3) is 0. The summed E-state index contributed by atoms with van der Waals surface area (Å²) in [7, 11) is 0. The van der Waals surface area contributed by atoms with E-state index in [0.29, 0.717) is 5.82 Å². The molecule has 0 unspecified atom stereocenters. The number of nitrogen functional groups attached to an aromatic ring is 1. The van der Waals surface area contributed by atoms with Crippen LogP contribution >= 0.6 is 0 Å². The Morgan fingerprint density at radius 3 is 3.00 bits per heavy atom. The number of anilines is 1. The van der Waals surface area contributed by atoms with Crippen LogP contribution in [0.4, 0.5) is 5.82 Å². The second kappa shape index (κ2) is 4.01. The van der Waals surface area contributed by atoms with E-state index in [4.69, 9.17) is 5.73 Å². The third-order valence-corrected chi connectivity index (χ3v) is 40.3. The van der Waals surface area contributed by atoms with Crippen LogP contribution in [0.15, 0.2) is 12.7 Å². The van der Waals surface area contributed by atoms with E-state index in [2.05, 4.69) is 18.5 Å². The molecular formula is C5H11Ge3N5. The second-order valence-corrected chi connectivity index (χ2v) is 79.8. The molecule has 5 nitrogen and oxygen atoms in total. The van der Waals surface area contributed by atoms with Crippen LogP contribution in [0, 0.1) is 0 Å². The third kappa shape index (κ3) is 1.77. The van der Waals surface area contributed by atoms with Gasteiger partial charge < -0.3 is 0 Å². The van der Waals surface area contributed by atoms with Crippen LogP contribution in [0.3, 0.4) is 0 Å². The van der Waals surface area contributed by atoms with E-state index in [0.717, 1.165) is 25.7 Å². The van der Waals surface area contributed by atoms with E-state index < -0.39 is 13.7 Å². The summed E-state index contributed by atoms with van der Waals surface area (Å²) in [5, 5.41) is 0. The van der Waals surface area contributed by atoms with Gasteiger partial charge in [0.25, 0.3) is 0 Å². The fourth-order valence-corrected chi connectivity index (χ4v) is 39.8. The van der Waals surface area contributed by atoms with Crippen molar-refractivity contribution >= 4 is 56.7 Å². The Morgan fingerprint density at radius 2 is 2.23 bits per heavy atom. The molecule has 0 amide bonds. The van der Waals surface area contributed by atoms with E-state index in [-0.39, 0.29) is 11.5 Å². The van der Waals surface area contributed by atoms with Gasteiger partial charge in [-0.15, -0.1) is 0 Å². The molecule has 0 spiro atoms. The molecule has 0 aliphatic rings. The van der Waals surface area contributed by atoms with Gasteiger partial charge in [-0.3, -0.25) is 0 Å². The molecule has 0 atom stereocenters. The van der Waals surface area contributed by atoms with Crippen molar-refractivity contribution in [3.05, 3.63) is 12.7 Å². The molecule has 2 aromatic rings. The van der Waals surface area contributed by atoms with Crippen molar-refractivity contribution in [2.24, 2.45) is 0 Å². The van der Waals surface area contributed by atoms with Gasteiger partial charge in [-0.25, -0.2) is 0 Å². The SMILES string of the molecule is Nc1ncnc2c1nc[n]2[GeH2][GeH2][GeH3]. The fourth-order valence-electron chi connectivity index (χ4n) is 1.30. The molecule has 0 radical (unpaired) electrons. The summed E-state index contributed by atoms with van der Waals surface area (Å²) in [6.45, 7) is 0. The summed E-state index contributed by atoms with van der Waals surface area (Å²) in [6.07, 6.45) is 3.44. The van der Waals surface area contributed by atoms with Gasteiger partial charge in [0, 0.05) is 0 Å². The summed E-state index contributed by atoms with van der Waals surface area (Å²) in [5.74, 6) is 0.510. The predicted molar refractivity (Wildman–Crippen MR) is 62.2 cm³/mol. The first kappa shape index (κ1) is 9.53. The van der Waals surface area contributed by atoms with Crippen LogP contribution in [0.25, 0.3) is 11.2 Å². The van der Waals surface area contributed by atoms with Gasteiger partial charge in [0.15, 0.2) is 0 Å². The molecule has 2 aromatic heterocycles. The number of fused-ring (bicyclic) bond motifs is 1. The van der Waals surface area contributed by atoms with Crippen molar-refractivity contribution in [3.8, 4) is 0 Å². The first-order valence-corrected chi connectivity index (χ1v) is 37.0. The van der Waals surface area contributed by atoms with Gasteiger partial charge in [-0.2, -0.15) is 0 Å². The van der Waals surface area contributed by atoms with Crippen molar-refractivity contribution in [2.75, 3.05) is 5.73 Å². The van der Waals surface area contributed by atoms with Gasteiger partial charge in [-0.05, 0) is 0 Å². The molecule has 0 saturated heterocycles. The predicted octanol–water partition coefficient (Wildman–Crippen LogP) is -3.30.